The van der Waals surface area contributed by atoms with E-state index < -0.39 is 37.0 Å². The molecule has 1 saturated heterocycles. The van der Waals surface area contributed by atoms with E-state index in [1.54, 1.807) is 7.05 Å². The first-order chi connectivity index (χ1) is 9.93. The third-order valence-corrected chi connectivity index (χ3v) is 3.54. The van der Waals surface area contributed by atoms with Crippen LogP contribution in [-0.4, -0.2) is 54.8 Å². The van der Waals surface area contributed by atoms with Crippen LogP contribution in [0.1, 0.15) is 6.23 Å². The second-order valence-corrected chi connectivity index (χ2v) is 4.92. The molecule has 3 rings (SSSR count). The molecule has 0 radical (unpaired) electrons. The van der Waals surface area contributed by atoms with Gasteiger partial charge in [-0.05, 0) is 0 Å². The minimum atomic E-state index is -1.27. The fraction of sp³-hybridized carbons (Fsp3) is 0.545. The highest BCUT2D eigenvalue weighted by atomic mass is 16.6. The largest absolute Gasteiger partial charge is 0.856 e. The van der Waals surface area contributed by atoms with Gasteiger partial charge in [0.2, 0.25) is 6.23 Å². The lowest BCUT2D eigenvalue weighted by Crippen LogP contribution is -2.46. The number of aliphatic hydroxyl groups is 3. The summed E-state index contributed by atoms with van der Waals surface area (Å²) >= 11 is 0. The predicted molar refractivity (Wildman–Crippen MR) is 65.6 cm³/mol. The average Bonchev–Trinajstić information content (AvgIpc) is 2.89. The summed E-state index contributed by atoms with van der Waals surface area (Å²) in [5, 5.41) is 40.8. The molecule has 0 aliphatic carbocycles. The highest BCUT2D eigenvalue weighted by Gasteiger charge is 2.46. The molecule has 10 heteroatoms. The van der Waals surface area contributed by atoms with Crippen LogP contribution >= 0.6 is 0 Å². The van der Waals surface area contributed by atoms with Gasteiger partial charge in [-0.15, -0.1) is 0 Å². The predicted octanol–water partition coefficient (Wildman–Crippen LogP) is -3.48. The number of anilines is 1. The maximum absolute atomic E-state index is 11.9. The van der Waals surface area contributed by atoms with Crippen LogP contribution in [-0.2, 0) is 11.8 Å². The summed E-state index contributed by atoms with van der Waals surface area (Å²) in [5.41, 5.74) is 5.86. The molecule has 1 fully saturated rings. The van der Waals surface area contributed by atoms with E-state index in [4.69, 9.17) is 15.6 Å². The Hall–Kier alpha value is -2.01. The van der Waals surface area contributed by atoms with Gasteiger partial charge in [0, 0.05) is 5.88 Å². The lowest BCUT2D eigenvalue weighted by atomic mass is 10.1. The molecule has 0 unspecified atom stereocenters. The Morgan fingerprint density at radius 1 is 1.43 bits per heavy atom. The van der Waals surface area contributed by atoms with Gasteiger partial charge < -0.3 is 30.9 Å². The topological polar surface area (TPSA) is 154 Å². The van der Waals surface area contributed by atoms with Gasteiger partial charge >= 0.3 is 5.65 Å². The third kappa shape index (κ3) is 2.00. The minimum absolute atomic E-state index is 0.185. The Morgan fingerprint density at radius 2 is 2.14 bits per heavy atom. The first-order valence-electron chi connectivity index (χ1n) is 6.27. The number of ether oxygens (including phenoxy) is 1. The molecule has 4 atom stereocenters. The zero-order chi connectivity index (χ0) is 15.3. The van der Waals surface area contributed by atoms with E-state index in [2.05, 4.69) is 9.97 Å². The zero-order valence-electron chi connectivity index (χ0n) is 11.1. The number of nitrogens with two attached hydrogens (primary N) is 1. The van der Waals surface area contributed by atoms with Gasteiger partial charge in [-0.1, -0.05) is 4.98 Å². The van der Waals surface area contributed by atoms with E-state index in [1.807, 2.05) is 0 Å². The van der Waals surface area contributed by atoms with Crippen molar-refractivity contribution in [2.24, 2.45) is 7.05 Å². The number of fused-ring (bicyclic) bond motifs is 1. The van der Waals surface area contributed by atoms with Crippen molar-refractivity contribution in [3.8, 4) is 5.88 Å². The van der Waals surface area contributed by atoms with Crippen LogP contribution in [0, 0.1) is 0 Å². The van der Waals surface area contributed by atoms with Crippen molar-refractivity contribution in [3.63, 3.8) is 0 Å². The van der Waals surface area contributed by atoms with Crippen LogP contribution < -0.4 is 15.4 Å². The monoisotopic (exact) mass is 297 g/mol. The van der Waals surface area contributed by atoms with E-state index in [9.17, 15) is 15.3 Å². The van der Waals surface area contributed by atoms with Crippen LogP contribution in [0.15, 0.2) is 6.33 Å². The summed E-state index contributed by atoms with van der Waals surface area (Å²) in [6.07, 6.45) is -2.94. The average molecular weight is 297 g/mol. The Bertz CT molecular complexity index is 689. The highest BCUT2D eigenvalue weighted by molar-refractivity contribution is 5.73. The van der Waals surface area contributed by atoms with Crippen molar-refractivity contribution >= 4 is 17.1 Å². The molecule has 1 aliphatic rings. The first kappa shape index (κ1) is 13.9. The molecular formula is C11H15N5O5. The van der Waals surface area contributed by atoms with Gasteiger partial charge in [0.1, 0.15) is 18.3 Å². The van der Waals surface area contributed by atoms with E-state index in [1.165, 1.54) is 15.5 Å². The summed E-state index contributed by atoms with van der Waals surface area (Å²) in [5.74, 6) is -0.746. The molecule has 3 heterocycles. The van der Waals surface area contributed by atoms with Crippen LogP contribution in [0.4, 0.5) is 5.95 Å². The van der Waals surface area contributed by atoms with E-state index in [0.717, 1.165) is 0 Å². The van der Waals surface area contributed by atoms with Crippen LogP contribution in [0.3, 0.4) is 0 Å². The van der Waals surface area contributed by atoms with E-state index >= 15 is 0 Å². The maximum Gasteiger partial charge on any atom is 0.309 e. The summed E-state index contributed by atoms with van der Waals surface area (Å²) in [4.78, 5) is 7.54. The van der Waals surface area contributed by atoms with Crippen molar-refractivity contribution in [2.75, 3.05) is 12.3 Å². The summed E-state index contributed by atoms with van der Waals surface area (Å²) < 4.78 is 8.28. The van der Waals surface area contributed by atoms with Gasteiger partial charge in [-0.25, -0.2) is 9.55 Å². The third-order valence-electron chi connectivity index (χ3n) is 3.54. The minimum Gasteiger partial charge on any atom is -0.856 e. The van der Waals surface area contributed by atoms with Crippen molar-refractivity contribution in [1.82, 2.24) is 14.5 Å². The standard InChI is InChI=1S/C11H15N5O5/c1-15-3-16(8-5(15)9(20)14-11(12)13-8)10-7(19)6(18)4(2-17)21-10/h3-4,6-7,10,17-19H,2H2,1H3,(H2-,12,13,14,20)/t4-,6-,7-,10-/m1/s1. The van der Waals surface area contributed by atoms with Gasteiger partial charge in [0.05, 0.1) is 13.7 Å². The summed E-state index contributed by atoms with van der Waals surface area (Å²) in [7, 11) is 1.61. The number of aliphatic hydroxyl groups excluding tert-OH is 3. The van der Waals surface area contributed by atoms with Crippen LogP contribution in [0.5, 0.6) is 5.88 Å². The first-order valence-corrected chi connectivity index (χ1v) is 6.27. The van der Waals surface area contributed by atoms with Gasteiger partial charge in [0.15, 0.2) is 11.8 Å². The van der Waals surface area contributed by atoms with Gasteiger partial charge in [0.25, 0.3) is 5.95 Å². The second-order valence-electron chi connectivity index (χ2n) is 4.92. The number of hydrogen-bond acceptors (Lipinski definition) is 8. The Morgan fingerprint density at radius 3 is 2.76 bits per heavy atom. The maximum atomic E-state index is 11.9. The molecule has 5 N–H and O–H groups in total. The Labute approximate surface area is 118 Å². The quantitative estimate of drug-likeness (QED) is 0.417. The lowest BCUT2D eigenvalue weighted by Gasteiger charge is -2.12. The molecule has 0 saturated carbocycles. The van der Waals surface area contributed by atoms with Crippen molar-refractivity contribution in [2.45, 2.75) is 24.5 Å². The number of rotatable bonds is 2. The molecule has 2 aromatic heterocycles. The number of imidazole rings is 1. The number of nitrogens with zero attached hydrogens (tertiary/aromatic N) is 4. The number of hydrogen-bond donors (Lipinski definition) is 4. The SMILES string of the molecule is Cn1c[n+]([C@@H]2O[C@H](CO)[C@@H](O)[C@H]2O)c2nc(N)nc([O-])c21. The lowest BCUT2D eigenvalue weighted by molar-refractivity contribution is -0.745. The molecule has 0 amide bonds. The van der Waals surface area contributed by atoms with Crippen LogP contribution in [0.25, 0.3) is 11.2 Å². The van der Waals surface area contributed by atoms with Crippen LogP contribution in [0.2, 0.25) is 0 Å². The molecule has 21 heavy (non-hydrogen) atoms. The summed E-state index contributed by atoms with van der Waals surface area (Å²) in [6.45, 7) is -0.440. The normalized spacial score (nSPS) is 29.3. The van der Waals surface area contributed by atoms with E-state index in [-0.39, 0.29) is 17.1 Å². The van der Waals surface area contributed by atoms with Crippen molar-refractivity contribution in [1.29, 1.82) is 0 Å². The molecule has 1 aliphatic heterocycles. The Kier molecular flexibility index (Phi) is 3.17. The van der Waals surface area contributed by atoms with Crippen molar-refractivity contribution < 1.29 is 29.7 Å². The highest BCUT2D eigenvalue weighted by Crippen LogP contribution is 2.27. The van der Waals surface area contributed by atoms with Gasteiger partial charge in [-0.2, -0.15) is 0 Å². The molecule has 0 aromatic carbocycles. The molecule has 0 spiro atoms. The smallest absolute Gasteiger partial charge is 0.309 e. The molecule has 114 valence electrons. The number of aryl methyl sites for hydroxylation is 1. The number of aromatic nitrogens is 4. The molecule has 10 nitrogen and oxygen atoms in total. The van der Waals surface area contributed by atoms with E-state index in [0.29, 0.717) is 0 Å². The van der Waals surface area contributed by atoms with Crippen molar-refractivity contribution in [3.05, 3.63) is 6.33 Å². The fourth-order valence-corrected chi connectivity index (χ4v) is 2.52. The fourth-order valence-electron chi connectivity index (χ4n) is 2.52. The zero-order valence-corrected chi connectivity index (χ0v) is 11.1. The second kappa shape index (κ2) is 4.77. The Balaban J connectivity index is 2.13. The van der Waals surface area contributed by atoms with Gasteiger partial charge in [-0.3, -0.25) is 4.57 Å². The molecule has 0 bridgehead atoms. The molecular weight excluding hydrogens is 282 g/mol. The number of nitrogen functional groups attached to an aromatic ring is 1. The molecule has 2 aromatic rings. The summed E-state index contributed by atoms with van der Waals surface area (Å²) in [6, 6.07) is 0.